The molecule has 1 fully saturated rings. The first-order chi connectivity index (χ1) is 10.1. The predicted molar refractivity (Wildman–Crippen MR) is 80.4 cm³/mol. The SMILES string of the molecule is CC1(CNC(=O)c2ccc(-c3ccccc3Cl)o2)COC1. The van der Waals surface area contributed by atoms with E-state index in [0.717, 1.165) is 5.56 Å². The van der Waals surface area contributed by atoms with Crippen molar-refractivity contribution in [2.45, 2.75) is 6.92 Å². The Labute approximate surface area is 128 Å². The molecule has 0 aliphatic carbocycles. The van der Waals surface area contributed by atoms with Crippen molar-refractivity contribution in [1.29, 1.82) is 0 Å². The Morgan fingerprint density at radius 2 is 2.05 bits per heavy atom. The average Bonchev–Trinajstić information content (AvgIpc) is 2.93. The molecule has 2 heterocycles. The van der Waals surface area contributed by atoms with Crippen LogP contribution < -0.4 is 5.32 Å². The summed E-state index contributed by atoms with van der Waals surface area (Å²) in [5.74, 6) is 0.652. The van der Waals surface area contributed by atoms with Gasteiger partial charge in [0, 0.05) is 17.5 Å². The maximum atomic E-state index is 12.1. The molecule has 1 aliphatic rings. The largest absolute Gasteiger partial charge is 0.451 e. The minimum atomic E-state index is -0.221. The molecule has 0 atom stereocenters. The van der Waals surface area contributed by atoms with Crippen LogP contribution in [0.2, 0.25) is 5.02 Å². The lowest BCUT2D eigenvalue weighted by molar-refractivity contribution is -0.0978. The highest BCUT2D eigenvalue weighted by atomic mass is 35.5. The molecule has 4 nitrogen and oxygen atoms in total. The highest BCUT2D eigenvalue weighted by Crippen LogP contribution is 2.29. The molecule has 0 unspecified atom stereocenters. The van der Waals surface area contributed by atoms with E-state index in [0.29, 0.717) is 30.5 Å². The summed E-state index contributed by atoms with van der Waals surface area (Å²) in [4.78, 5) is 12.1. The van der Waals surface area contributed by atoms with Gasteiger partial charge in [0.2, 0.25) is 0 Å². The second kappa shape index (κ2) is 5.54. The molecule has 1 amide bonds. The standard InChI is InChI=1S/C16H16ClNO3/c1-16(9-20-10-16)8-18-15(19)14-7-6-13(21-14)11-4-2-3-5-12(11)17/h2-7H,8-10H2,1H3,(H,18,19). The number of amides is 1. The third-order valence-electron chi connectivity index (χ3n) is 3.55. The van der Waals surface area contributed by atoms with Crippen LogP contribution >= 0.6 is 11.6 Å². The molecule has 1 saturated heterocycles. The van der Waals surface area contributed by atoms with Crippen molar-refractivity contribution in [3.8, 4) is 11.3 Å². The van der Waals surface area contributed by atoms with Crippen LogP contribution in [0.3, 0.4) is 0 Å². The number of rotatable bonds is 4. The number of carbonyl (C=O) groups excluding carboxylic acids is 1. The van der Waals surface area contributed by atoms with Crippen LogP contribution in [0.15, 0.2) is 40.8 Å². The third-order valence-corrected chi connectivity index (χ3v) is 3.88. The summed E-state index contributed by atoms with van der Waals surface area (Å²) in [5, 5.41) is 3.47. The molecule has 0 saturated carbocycles. The summed E-state index contributed by atoms with van der Waals surface area (Å²) < 4.78 is 10.8. The maximum absolute atomic E-state index is 12.1. The minimum absolute atomic E-state index is 0.0355. The molecule has 0 spiro atoms. The first-order valence-corrected chi connectivity index (χ1v) is 7.16. The molecule has 2 aromatic rings. The van der Waals surface area contributed by atoms with Crippen molar-refractivity contribution in [1.82, 2.24) is 5.32 Å². The normalized spacial score (nSPS) is 16.3. The fraction of sp³-hybridized carbons (Fsp3) is 0.312. The van der Waals surface area contributed by atoms with Gasteiger partial charge in [0.15, 0.2) is 5.76 Å². The quantitative estimate of drug-likeness (QED) is 0.942. The van der Waals surface area contributed by atoms with E-state index in [1.807, 2.05) is 18.2 Å². The van der Waals surface area contributed by atoms with Crippen molar-refractivity contribution in [3.63, 3.8) is 0 Å². The van der Waals surface area contributed by atoms with E-state index in [1.165, 1.54) is 0 Å². The molecule has 0 bridgehead atoms. The highest BCUT2D eigenvalue weighted by molar-refractivity contribution is 6.33. The lowest BCUT2D eigenvalue weighted by atomic mass is 9.89. The monoisotopic (exact) mass is 305 g/mol. The Morgan fingerprint density at radius 1 is 1.29 bits per heavy atom. The fourth-order valence-corrected chi connectivity index (χ4v) is 2.43. The zero-order valence-electron chi connectivity index (χ0n) is 11.7. The number of ether oxygens (including phenoxy) is 1. The van der Waals surface area contributed by atoms with Gasteiger partial charge >= 0.3 is 0 Å². The Kier molecular flexibility index (Phi) is 3.74. The number of hydrogen-bond acceptors (Lipinski definition) is 3. The van der Waals surface area contributed by atoms with Crippen molar-refractivity contribution in [2.24, 2.45) is 5.41 Å². The van der Waals surface area contributed by atoms with E-state index in [2.05, 4.69) is 12.2 Å². The topological polar surface area (TPSA) is 51.5 Å². The van der Waals surface area contributed by atoms with Crippen LogP contribution in [0.4, 0.5) is 0 Å². The van der Waals surface area contributed by atoms with E-state index in [4.69, 9.17) is 20.8 Å². The summed E-state index contributed by atoms with van der Waals surface area (Å²) in [5.41, 5.74) is 0.811. The van der Waals surface area contributed by atoms with Crippen LogP contribution in [0, 0.1) is 5.41 Å². The second-order valence-corrected chi connectivity index (χ2v) is 6.04. The van der Waals surface area contributed by atoms with Gasteiger partial charge in [-0.3, -0.25) is 4.79 Å². The number of furan rings is 1. The van der Waals surface area contributed by atoms with Gasteiger partial charge in [-0.2, -0.15) is 0 Å². The van der Waals surface area contributed by atoms with Crippen molar-refractivity contribution >= 4 is 17.5 Å². The van der Waals surface area contributed by atoms with Crippen LogP contribution in [-0.2, 0) is 4.74 Å². The molecule has 21 heavy (non-hydrogen) atoms. The number of hydrogen-bond donors (Lipinski definition) is 1. The van der Waals surface area contributed by atoms with Gasteiger partial charge in [-0.1, -0.05) is 30.7 Å². The molecule has 1 aromatic carbocycles. The number of carbonyl (C=O) groups is 1. The van der Waals surface area contributed by atoms with Gasteiger partial charge in [-0.15, -0.1) is 0 Å². The zero-order chi connectivity index (χ0) is 14.9. The molecular formula is C16H16ClNO3. The average molecular weight is 306 g/mol. The molecule has 3 rings (SSSR count). The number of benzene rings is 1. The highest BCUT2D eigenvalue weighted by Gasteiger charge is 2.33. The van der Waals surface area contributed by atoms with Gasteiger partial charge in [-0.25, -0.2) is 0 Å². The molecule has 0 radical (unpaired) electrons. The molecule has 1 aromatic heterocycles. The molecule has 5 heteroatoms. The van der Waals surface area contributed by atoms with Crippen LogP contribution in [-0.4, -0.2) is 25.7 Å². The summed E-state index contributed by atoms with van der Waals surface area (Å²) in [6, 6.07) is 10.8. The van der Waals surface area contributed by atoms with Gasteiger partial charge in [0.25, 0.3) is 5.91 Å². The second-order valence-electron chi connectivity index (χ2n) is 5.63. The van der Waals surface area contributed by atoms with Crippen molar-refractivity contribution in [2.75, 3.05) is 19.8 Å². The Balaban J connectivity index is 1.70. The Bertz CT molecular complexity index is 661. The summed E-state index contributed by atoms with van der Waals surface area (Å²) in [7, 11) is 0. The van der Waals surface area contributed by atoms with Gasteiger partial charge < -0.3 is 14.5 Å². The molecule has 110 valence electrons. The minimum Gasteiger partial charge on any atom is -0.451 e. The predicted octanol–water partition coefficient (Wildman–Crippen LogP) is 3.37. The molecular weight excluding hydrogens is 290 g/mol. The summed E-state index contributed by atoms with van der Waals surface area (Å²) in [6.07, 6.45) is 0. The van der Waals surface area contributed by atoms with Gasteiger partial charge in [0.1, 0.15) is 5.76 Å². The van der Waals surface area contributed by atoms with Crippen LogP contribution in [0.25, 0.3) is 11.3 Å². The van der Waals surface area contributed by atoms with E-state index < -0.39 is 0 Å². The van der Waals surface area contributed by atoms with E-state index in [1.54, 1.807) is 18.2 Å². The van der Waals surface area contributed by atoms with E-state index in [-0.39, 0.29) is 17.1 Å². The lowest BCUT2D eigenvalue weighted by Gasteiger charge is -2.37. The lowest BCUT2D eigenvalue weighted by Crippen LogP contribution is -2.48. The van der Waals surface area contributed by atoms with Gasteiger partial charge in [-0.05, 0) is 24.3 Å². The van der Waals surface area contributed by atoms with E-state index in [9.17, 15) is 4.79 Å². The van der Waals surface area contributed by atoms with Crippen LogP contribution in [0.1, 0.15) is 17.5 Å². The van der Waals surface area contributed by atoms with Crippen LogP contribution in [0.5, 0.6) is 0 Å². The first-order valence-electron chi connectivity index (χ1n) is 6.78. The van der Waals surface area contributed by atoms with Crippen molar-refractivity contribution in [3.05, 3.63) is 47.2 Å². The summed E-state index contributed by atoms with van der Waals surface area (Å²) >= 11 is 6.12. The molecule has 1 aliphatic heterocycles. The third kappa shape index (κ3) is 2.96. The Hall–Kier alpha value is -1.78. The maximum Gasteiger partial charge on any atom is 0.287 e. The molecule has 1 N–H and O–H groups in total. The Morgan fingerprint density at radius 3 is 2.71 bits per heavy atom. The fourth-order valence-electron chi connectivity index (χ4n) is 2.20. The smallest absolute Gasteiger partial charge is 0.287 e. The number of nitrogens with one attached hydrogen (secondary N) is 1. The first kappa shape index (κ1) is 14.2. The summed E-state index contributed by atoms with van der Waals surface area (Å²) in [6.45, 7) is 4.01. The van der Waals surface area contributed by atoms with E-state index >= 15 is 0 Å². The van der Waals surface area contributed by atoms with Crippen molar-refractivity contribution < 1.29 is 13.9 Å². The van der Waals surface area contributed by atoms with Gasteiger partial charge in [0.05, 0.1) is 18.2 Å². The zero-order valence-corrected chi connectivity index (χ0v) is 12.4. The number of halogens is 1.